The molecule has 0 saturated carbocycles. The third-order valence-electron chi connectivity index (χ3n) is 11.8. The molecule has 3 rings (SSSR count). The van der Waals surface area contributed by atoms with Crippen molar-refractivity contribution >= 4 is 75.8 Å². The summed E-state index contributed by atoms with van der Waals surface area (Å²) in [6, 6.07) is -3.23. The van der Waals surface area contributed by atoms with Gasteiger partial charge in [-0.1, -0.05) is 46.2 Å². The van der Waals surface area contributed by atoms with Crippen molar-refractivity contribution in [2.24, 2.45) is 29.0 Å². The zero-order valence-electron chi connectivity index (χ0n) is 40.3. The maximum absolute atomic E-state index is 14.5. The zero-order valence-corrected chi connectivity index (χ0v) is 41.1. The van der Waals surface area contributed by atoms with E-state index >= 15 is 0 Å². The smallest absolute Gasteiger partial charge is 0.246 e. The molecule has 24 nitrogen and oxygen atoms in total. The molecule has 0 aromatic heterocycles. The number of rotatable bonds is 18. The molecule has 0 radical (unpaired) electrons. The lowest BCUT2D eigenvalue weighted by atomic mass is 9.96. The summed E-state index contributed by atoms with van der Waals surface area (Å²) in [6.07, 6.45) is -1.05. The van der Waals surface area contributed by atoms with Crippen LogP contribution in [0.3, 0.4) is 0 Å². The lowest BCUT2D eigenvalue weighted by molar-refractivity contribution is -0.142. The first-order chi connectivity index (χ1) is 33.0. The summed E-state index contributed by atoms with van der Waals surface area (Å²) in [5.74, 6) is -10.4. The summed E-state index contributed by atoms with van der Waals surface area (Å²) >= 11 is 0. The van der Waals surface area contributed by atoms with E-state index in [1.807, 2.05) is 0 Å². The van der Waals surface area contributed by atoms with E-state index in [-0.39, 0.29) is 50.3 Å². The van der Waals surface area contributed by atoms with Crippen LogP contribution in [-0.4, -0.2) is 148 Å². The van der Waals surface area contributed by atoms with Gasteiger partial charge in [0, 0.05) is 42.4 Å². The normalized spacial score (nSPS) is 24.1. The van der Waals surface area contributed by atoms with Gasteiger partial charge in [0.25, 0.3) is 0 Å². The minimum Gasteiger partial charge on any atom is -0.497 e. The highest BCUT2D eigenvalue weighted by atomic mass is 32.2. The van der Waals surface area contributed by atoms with E-state index in [1.165, 1.54) is 7.11 Å². The molecule has 2 fully saturated rings. The lowest BCUT2D eigenvalue weighted by Gasteiger charge is -2.31. The van der Waals surface area contributed by atoms with E-state index in [4.69, 9.17) is 21.9 Å². The Bertz CT molecular complexity index is 2110. The first-order valence-corrected chi connectivity index (χ1v) is 24.7. The van der Waals surface area contributed by atoms with Crippen LogP contribution in [-0.2, 0) is 70.0 Å². The number of hydrogen-bond acceptors (Lipinski definition) is 13. The van der Waals surface area contributed by atoms with Crippen molar-refractivity contribution in [2.75, 3.05) is 31.7 Å². The molecular formula is C45H69N11O13S. The topological polar surface area (TPSA) is 380 Å². The average Bonchev–Trinajstić information content (AvgIpc) is 3.79. The first kappa shape index (κ1) is 57.7. The van der Waals surface area contributed by atoms with Crippen molar-refractivity contribution in [1.29, 1.82) is 0 Å². The first-order valence-electron chi connectivity index (χ1n) is 23.2. The fraction of sp³-hybridized carbons (Fsp3) is 0.622. The highest BCUT2D eigenvalue weighted by molar-refractivity contribution is 7.85. The number of benzene rings is 1. The maximum Gasteiger partial charge on any atom is 0.246 e. The molecule has 1 aromatic rings. The predicted octanol–water partition coefficient (Wildman–Crippen LogP) is -3.49. The van der Waals surface area contributed by atoms with Crippen LogP contribution in [0.4, 0.5) is 0 Å². The van der Waals surface area contributed by atoms with Crippen molar-refractivity contribution in [3.63, 3.8) is 0 Å². The number of carbonyl (C=O) groups is 11. The van der Waals surface area contributed by atoms with Gasteiger partial charge in [-0.3, -0.25) is 56.9 Å². The summed E-state index contributed by atoms with van der Waals surface area (Å²) in [4.78, 5) is 148. The molecule has 0 bridgehead atoms. The summed E-state index contributed by atoms with van der Waals surface area (Å²) in [7, 11) is -0.481. The molecule has 2 saturated heterocycles. The third kappa shape index (κ3) is 18.7. The molecule has 9 atom stereocenters. The number of nitrogens with zero attached hydrogens (tertiary/aromatic N) is 1. The Morgan fingerprint density at radius 1 is 0.814 bits per heavy atom. The fourth-order valence-corrected chi connectivity index (χ4v) is 9.04. The molecule has 1 unspecified atom stereocenters. The summed E-state index contributed by atoms with van der Waals surface area (Å²) in [5, 5.41) is 17.8. The van der Waals surface area contributed by atoms with E-state index < -0.39 is 156 Å². The molecule has 0 aliphatic carbocycles. The molecule has 2 aliphatic rings. The lowest BCUT2D eigenvalue weighted by Crippen LogP contribution is -2.61. The van der Waals surface area contributed by atoms with Crippen LogP contribution in [0.2, 0.25) is 0 Å². The molecule has 0 spiro atoms. The highest BCUT2D eigenvalue weighted by Gasteiger charge is 2.41. The van der Waals surface area contributed by atoms with E-state index in [1.54, 1.807) is 52.0 Å². The Hall–Kier alpha value is -6.66. The van der Waals surface area contributed by atoms with Gasteiger partial charge >= 0.3 is 0 Å². The second-order valence-electron chi connectivity index (χ2n) is 17.9. The summed E-state index contributed by atoms with van der Waals surface area (Å²) in [6.45, 7) is 6.53. The Labute approximate surface area is 409 Å². The van der Waals surface area contributed by atoms with Crippen LogP contribution in [0.15, 0.2) is 24.3 Å². The van der Waals surface area contributed by atoms with Gasteiger partial charge in [0.1, 0.15) is 48.0 Å². The van der Waals surface area contributed by atoms with E-state index in [0.717, 1.165) is 4.90 Å². The molecule has 70 heavy (non-hydrogen) atoms. The number of nitrogens with one attached hydrogen (secondary N) is 7. The second-order valence-corrected chi connectivity index (χ2v) is 19.5. The van der Waals surface area contributed by atoms with Crippen molar-refractivity contribution in [3.8, 4) is 5.75 Å². The Kier molecular flexibility index (Phi) is 23.2. The molecule has 2 heterocycles. The number of likely N-dealkylation sites (tertiary alicyclic amines) is 1. The molecule has 25 heteroatoms. The van der Waals surface area contributed by atoms with Gasteiger partial charge in [-0.25, -0.2) is 0 Å². The summed E-state index contributed by atoms with van der Waals surface area (Å²) < 4.78 is 19.0. The van der Waals surface area contributed by atoms with Gasteiger partial charge in [-0.05, 0) is 61.6 Å². The number of amides is 11. The van der Waals surface area contributed by atoms with E-state index in [0.29, 0.717) is 24.2 Å². The van der Waals surface area contributed by atoms with Crippen LogP contribution >= 0.6 is 0 Å². The minimum absolute atomic E-state index is 0.00950. The standard InChI is InChI=1S/C45H69N11O13S/c1-6-25(4)38-44(66)51-28(15-16-34(46)57)40(62)52-31(21-35(47)58)41(63)54-32(45(67)56-17-7-9-33(56)43(65)53-29(19-24(2)3)39(61)49-22-36(48)59)23-70(68)18-8-10-37(60)50-30(42(64)55-38)20-26-11-13-27(69-5)14-12-26/h11-14,24-25,28-33,38H,6-10,15-23H2,1-5H3,(H2,46,57)(H2,47,58)(H2,48,59)(H,49,61)(H,50,60)(H,51,66)(H,52,62)(H,53,65)(H,54,63)(H,55,64)/t25-,28-,29-,30-,31-,32-,33-,38-,70?/m0/s1. The van der Waals surface area contributed by atoms with Crippen molar-refractivity contribution in [2.45, 2.75) is 134 Å². The zero-order chi connectivity index (χ0) is 52.2. The number of carbonyl (C=O) groups excluding carboxylic acids is 11. The van der Waals surface area contributed by atoms with Crippen LogP contribution in [0.1, 0.15) is 91.0 Å². The summed E-state index contributed by atoms with van der Waals surface area (Å²) in [5.41, 5.74) is 16.7. The molecule has 1 aromatic carbocycles. The quantitative estimate of drug-likeness (QED) is 0.0684. The van der Waals surface area contributed by atoms with Crippen LogP contribution in [0.5, 0.6) is 5.75 Å². The Morgan fingerprint density at radius 3 is 2.06 bits per heavy atom. The van der Waals surface area contributed by atoms with Gasteiger partial charge in [-0.2, -0.15) is 0 Å². The van der Waals surface area contributed by atoms with Gasteiger partial charge < -0.3 is 64.1 Å². The SMILES string of the molecule is CC[C@H](C)[C@@H]1NC(=O)[C@H](Cc2ccc(OC)cc2)NC(=O)CCCS(=O)C[C@@H](C(=O)N2CCC[C@H]2C(=O)N[C@@H](CC(C)C)C(=O)NCC(N)=O)NC(=O)[C@H](CC(N)=O)NC(=O)[C@H](CCC(N)=O)NC1=O. The van der Waals surface area contributed by atoms with Crippen molar-refractivity contribution < 1.29 is 61.7 Å². The number of methoxy groups -OCH3 is 1. The van der Waals surface area contributed by atoms with Crippen LogP contribution in [0.25, 0.3) is 0 Å². The van der Waals surface area contributed by atoms with E-state index in [2.05, 4.69) is 37.2 Å². The van der Waals surface area contributed by atoms with E-state index in [9.17, 15) is 56.9 Å². The predicted molar refractivity (Wildman–Crippen MR) is 253 cm³/mol. The monoisotopic (exact) mass is 1000 g/mol. The average molecular weight is 1000 g/mol. The van der Waals surface area contributed by atoms with Crippen molar-refractivity contribution in [3.05, 3.63) is 29.8 Å². The molecule has 2 aliphatic heterocycles. The van der Waals surface area contributed by atoms with Gasteiger partial charge in [0.15, 0.2) is 0 Å². The number of hydrogen-bond donors (Lipinski definition) is 10. The number of nitrogens with two attached hydrogens (primary N) is 3. The number of primary amides is 3. The van der Waals surface area contributed by atoms with Crippen molar-refractivity contribution in [1.82, 2.24) is 42.1 Å². The largest absolute Gasteiger partial charge is 0.497 e. The van der Waals surface area contributed by atoms with Gasteiger partial charge in [0.2, 0.25) is 65.0 Å². The molecular weight excluding hydrogens is 935 g/mol. The number of ether oxygens (including phenoxy) is 1. The maximum atomic E-state index is 14.5. The highest BCUT2D eigenvalue weighted by Crippen LogP contribution is 2.21. The molecule has 13 N–H and O–H groups in total. The van der Waals surface area contributed by atoms with Gasteiger partial charge in [-0.15, -0.1) is 0 Å². The second kappa shape index (κ2) is 28.1. The fourth-order valence-electron chi connectivity index (χ4n) is 7.81. The Balaban J connectivity index is 2.06. The van der Waals surface area contributed by atoms with Crippen LogP contribution in [0, 0.1) is 11.8 Å². The third-order valence-corrected chi connectivity index (χ3v) is 13.2. The molecule has 11 amide bonds. The van der Waals surface area contributed by atoms with Gasteiger partial charge in [0.05, 0.1) is 25.8 Å². The Morgan fingerprint density at radius 2 is 1.46 bits per heavy atom. The van der Waals surface area contributed by atoms with Crippen LogP contribution < -0.4 is 59.2 Å². The molecule has 388 valence electrons. The minimum atomic E-state index is -1.96.